The second-order valence-electron chi connectivity index (χ2n) is 7.55. The molecule has 3 fully saturated rings. The maximum atomic E-state index is 12.5. The lowest BCUT2D eigenvalue weighted by molar-refractivity contribution is -0.156. The predicted molar refractivity (Wildman–Crippen MR) is 100 cm³/mol. The van der Waals surface area contributed by atoms with Crippen molar-refractivity contribution in [2.75, 3.05) is 12.8 Å². The topological polar surface area (TPSA) is 104 Å². The Kier molecular flexibility index (Phi) is 5.20. The first-order valence-electron chi connectivity index (χ1n) is 9.31. The molecule has 1 aliphatic carbocycles. The summed E-state index contributed by atoms with van der Waals surface area (Å²) in [4.78, 5) is 26.0. The van der Waals surface area contributed by atoms with Crippen LogP contribution >= 0.6 is 0 Å². The number of hydrogen-bond donors (Lipinski definition) is 2. The Morgan fingerprint density at radius 3 is 2.41 bits per heavy atom. The van der Waals surface area contributed by atoms with E-state index < -0.39 is 27.5 Å². The molecule has 2 aliphatic heterocycles. The van der Waals surface area contributed by atoms with Crippen LogP contribution in [0.2, 0.25) is 0 Å². The maximum Gasteiger partial charge on any atom is 0.405 e. The molecular formula is C19H26N2O5S. The summed E-state index contributed by atoms with van der Waals surface area (Å²) in [6.45, 7) is 1.81. The van der Waals surface area contributed by atoms with E-state index in [0.717, 1.165) is 25.7 Å². The van der Waals surface area contributed by atoms with Gasteiger partial charge in [0.1, 0.15) is 0 Å². The molecule has 7 nitrogen and oxygen atoms in total. The minimum atomic E-state index is -3.33. The number of carbonyl (C=O) groups is 2. The molecule has 1 aromatic rings. The predicted octanol–water partition coefficient (Wildman–Crippen LogP) is 2.58. The fourth-order valence-corrected chi connectivity index (χ4v) is 5.91. The number of piperidine rings is 2. The largest absolute Gasteiger partial charge is 0.465 e. The second-order valence-corrected chi connectivity index (χ2v) is 9.65. The van der Waals surface area contributed by atoms with Gasteiger partial charge in [-0.2, -0.15) is 0 Å². The molecule has 1 saturated carbocycles. The number of benzene rings is 1. The Balaban J connectivity index is 1.98. The molecule has 1 atom stereocenters. The molecule has 148 valence electrons. The summed E-state index contributed by atoms with van der Waals surface area (Å²) in [5.41, 5.74) is 0.0569. The summed E-state index contributed by atoms with van der Waals surface area (Å²) in [7, 11) is -1.59. The Morgan fingerprint density at radius 2 is 1.89 bits per heavy atom. The summed E-state index contributed by atoms with van der Waals surface area (Å²) in [6, 6.07) is 5.79. The van der Waals surface area contributed by atoms with Crippen molar-refractivity contribution in [1.29, 1.82) is 0 Å². The van der Waals surface area contributed by atoms with Crippen molar-refractivity contribution < 1.29 is 23.1 Å². The van der Waals surface area contributed by atoms with Crippen LogP contribution < -0.4 is 5.32 Å². The maximum absolute atomic E-state index is 12.5. The first kappa shape index (κ1) is 19.7. The van der Waals surface area contributed by atoms with Crippen LogP contribution in [0.1, 0.15) is 50.6 Å². The monoisotopic (exact) mass is 394 g/mol. The van der Waals surface area contributed by atoms with Crippen molar-refractivity contribution in [3.05, 3.63) is 29.8 Å². The van der Waals surface area contributed by atoms with Crippen molar-refractivity contribution in [3.63, 3.8) is 0 Å². The van der Waals surface area contributed by atoms with Gasteiger partial charge < -0.3 is 15.3 Å². The van der Waals surface area contributed by atoms with E-state index in [1.807, 2.05) is 6.92 Å². The normalized spacial score (nSPS) is 26.1. The first-order chi connectivity index (χ1) is 12.7. The van der Waals surface area contributed by atoms with Crippen molar-refractivity contribution >= 4 is 21.8 Å². The van der Waals surface area contributed by atoms with Crippen LogP contribution in [0.25, 0.3) is 0 Å². The molecule has 2 saturated heterocycles. The number of carboxylic acid groups (broad SMARTS) is 1. The average Bonchev–Trinajstić information content (AvgIpc) is 2.64. The smallest absolute Gasteiger partial charge is 0.405 e. The van der Waals surface area contributed by atoms with E-state index in [1.54, 1.807) is 24.1 Å². The number of likely N-dealkylation sites (N-methyl/N-ethyl adjacent to an activating group) is 1. The SMILES string of the molecule is CCCS(=O)(=O)c1ccc(C(NC(=O)O)C23CCC(CC2)C(=O)N3C)cc1. The van der Waals surface area contributed by atoms with Crippen LogP contribution in [0, 0.1) is 5.92 Å². The number of fused-ring (bicyclic) bond motifs is 3. The zero-order valence-electron chi connectivity index (χ0n) is 15.6. The van der Waals surface area contributed by atoms with E-state index in [0.29, 0.717) is 12.0 Å². The number of hydrogen-bond acceptors (Lipinski definition) is 4. The standard InChI is InChI=1S/C19H26N2O5S/c1-3-12-27(25,26)15-6-4-13(5-7-15)16(20-18(23)24)19-10-8-14(9-11-19)17(22)21(19)2/h4-7,14,16,20H,3,8-12H2,1-2H3,(H,23,24). The molecule has 3 aliphatic rings. The average molecular weight is 394 g/mol. The Hall–Kier alpha value is -2.09. The Bertz CT molecular complexity index is 826. The van der Waals surface area contributed by atoms with E-state index in [9.17, 15) is 23.1 Å². The molecular weight excluding hydrogens is 368 g/mol. The number of rotatable bonds is 6. The molecule has 27 heavy (non-hydrogen) atoms. The fourth-order valence-electron chi connectivity index (χ4n) is 4.58. The summed E-state index contributed by atoms with van der Waals surface area (Å²) in [6.07, 6.45) is 2.32. The van der Waals surface area contributed by atoms with Gasteiger partial charge in [-0.25, -0.2) is 13.2 Å². The Labute approximate surface area is 159 Å². The molecule has 0 spiro atoms. The molecule has 8 heteroatoms. The highest BCUT2D eigenvalue weighted by molar-refractivity contribution is 7.91. The molecule has 1 aromatic carbocycles. The number of amides is 2. The highest BCUT2D eigenvalue weighted by Crippen LogP contribution is 2.49. The van der Waals surface area contributed by atoms with Crippen LogP contribution in [-0.2, 0) is 14.6 Å². The van der Waals surface area contributed by atoms with Gasteiger partial charge in [0.2, 0.25) is 5.91 Å². The highest BCUT2D eigenvalue weighted by atomic mass is 32.2. The van der Waals surface area contributed by atoms with Crippen LogP contribution in [0.3, 0.4) is 0 Å². The Morgan fingerprint density at radius 1 is 1.30 bits per heavy atom. The fraction of sp³-hybridized carbons (Fsp3) is 0.579. The third-order valence-electron chi connectivity index (χ3n) is 6.05. The van der Waals surface area contributed by atoms with Gasteiger partial charge >= 0.3 is 6.09 Å². The van der Waals surface area contributed by atoms with E-state index in [-0.39, 0.29) is 22.5 Å². The zero-order chi connectivity index (χ0) is 19.8. The summed E-state index contributed by atoms with van der Waals surface area (Å²) in [5.74, 6) is 0.168. The third-order valence-corrected chi connectivity index (χ3v) is 7.99. The second kappa shape index (κ2) is 7.14. The van der Waals surface area contributed by atoms with Gasteiger partial charge in [0.15, 0.2) is 9.84 Å². The van der Waals surface area contributed by atoms with Crippen molar-refractivity contribution in [2.24, 2.45) is 5.92 Å². The lowest BCUT2D eigenvalue weighted by Gasteiger charge is -2.56. The molecule has 2 amide bonds. The number of carbonyl (C=O) groups excluding carboxylic acids is 1. The molecule has 2 heterocycles. The summed E-state index contributed by atoms with van der Waals surface area (Å²) in [5, 5.41) is 12.0. The van der Waals surface area contributed by atoms with Gasteiger partial charge in [-0.05, 0) is 49.8 Å². The van der Waals surface area contributed by atoms with Gasteiger partial charge in [0, 0.05) is 13.0 Å². The lowest BCUT2D eigenvalue weighted by atomic mass is 9.65. The first-order valence-corrected chi connectivity index (χ1v) is 11.0. The van der Waals surface area contributed by atoms with Gasteiger partial charge in [-0.15, -0.1) is 0 Å². The molecule has 0 aromatic heterocycles. The van der Waals surface area contributed by atoms with Gasteiger partial charge in [0.25, 0.3) is 0 Å². The molecule has 4 rings (SSSR count). The van der Waals surface area contributed by atoms with E-state index >= 15 is 0 Å². The number of nitrogens with zero attached hydrogens (tertiary/aromatic N) is 1. The minimum Gasteiger partial charge on any atom is -0.465 e. The highest BCUT2D eigenvalue weighted by Gasteiger charge is 2.54. The van der Waals surface area contributed by atoms with E-state index in [2.05, 4.69) is 5.32 Å². The van der Waals surface area contributed by atoms with E-state index in [4.69, 9.17) is 0 Å². The van der Waals surface area contributed by atoms with Crippen LogP contribution in [0.5, 0.6) is 0 Å². The van der Waals surface area contributed by atoms with Gasteiger partial charge in [0.05, 0.1) is 22.2 Å². The molecule has 2 bridgehead atoms. The van der Waals surface area contributed by atoms with Crippen molar-refractivity contribution in [3.8, 4) is 0 Å². The molecule has 0 radical (unpaired) electrons. The van der Waals surface area contributed by atoms with Crippen molar-refractivity contribution in [1.82, 2.24) is 10.2 Å². The van der Waals surface area contributed by atoms with Gasteiger partial charge in [-0.1, -0.05) is 19.1 Å². The number of nitrogens with one attached hydrogen (secondary N) is 1. The quantitative estimate of drug-likeness (QED) is 0.772. The minimum absolute atomic E-state index is 0.0314. The van der Waals surface area contributed by atoms with Crippen LogP contribution in [0.15, 0.2) is 29.2 Å². The van der Waals surface area contributed by atoms with Crippen LogP contribution in [0.4, 0.5) is 4.79 Å². The van der Waals surface area contributed by atoms with Gasteiger partial charge in [-0.3, -0.25) is 4.79 Å². The van der Waals surface area contributed by atoms with E-state index in [1.165, 1.54) is 12.1 Å². The number of sulfone groups is 1. The molecule has 2 N–H and O–H groups in total. The van der Waals surface area contributed by atoms with Crippen molar-refractivity contribution in [2.45, 2.75) is 55.5 Å². The molecule has 1 unspecified atom stereocenters. The summed E-state index contributed by atoms with van der Waals surface area (Å²) >= 11 is 0. The van der Waals surface area contributed by atoms with Crippen LogP contribution in [-0.4, -0.2) is 48.8 Å². The lowest BCUT2D eigenvalue weighted by Crippen LogP contribution is -2.65. The third kappa shape index (κ3) is 3.42. The zero-order valence-corrected chi connectivity index (χ0v) is 16.5. The summed E-state index contributed by atoms with van der Waals surface area (Å²) < 4.78 is 24.5.